The van der Waals surface area contributed by atoms with Gasteiger partial charge in [0.2, 0.25) is 5.91 Å². The standard InChI is InChI=1S/C17H32N2O/c1-17(2,3)18-16(20)15-9-11-19(12-10-15)13-14-7-5-4-6-8-14/h14-15H,4-13H2,1-3H3,(H,18,20). The van der Waals surface area contributed by atoms with Gasteiger partial charge in [0, 0.05) is 18.0 Å². The molecule has 0 bridgehead atoms. The van der Waals surface area contributed by atoms with Gasteiger partial charge in [0.1, 0.15) is 0 Å². The van der Waals surface area contributed by atoms with E-state index in [9.17, 15) is 4.79 Å². The van der Waals surface area contributed by atoms with Gasteiger partial charge < -0.3 is 10.2 Å². The maximum absolute atomic E-state index is 12.2. The molecule has 2 rings (SSSR count). The van der Waals surface area contributed by atoms with Gasteiger partial charge in [-0.1, -0.05) is 19.3 Å². The van der Waals surface area contributed by atoms with Crippen molar-refractivity contribution in [3.63, 3.8) is 0 Å². The van der Waals surface area contributed by atoms with E-state index in [2.05, 4.69) is 31.0 Å². The van der Waals surface area contributed by atoms with Crippen molar-refractivity contribution in [2.75, 3.05) is 19.6 Å². The van der Waals surface area contributed by atoms with Crippen molar-refractivity contribution in [2.24, 2.45) is 11.8 Å². The van der Waals surface area contributed by atoms with Gasteiger partial charge in [-0.05, 0) is 65.5 Å². The Balaban J connectivity index is 1.70. The summed E-state index contributed by atoms with van der Waals surface area (Å²) in [5, 5.41) is 3.13. The Bertz CT molecular complexity index is 307. The van der Waals surface area contributed by atoms with Crippen LogP contribution in [0.2, 0.25) is 0 Å². The molecule has 20 heavy (non-hydrogen) atoms. The largest absolute Gasteiger partial charge is 0.351 e. The van der Waals surface area contributed by atoms with Gasteiger partial charge in [-0.15, -0.1) is 0 Å². The fourth-order valence-electron chi connectivity index (χ4n) is 3.58. The summed E-state index contributed by atoms with van der Waals surface area (Å²) in [6.45, 7) is 9.67. The molecule has 0 spiro atoms. The smallest absolute Gasteiger partial charge is 0.223 e. The number of amides is 1. The normalized spacial score (nSPS) is 23.8. The minimum absolute atomic E-state index is 0.101. The molecule has 2 aliphatic rings. The predicted molar refractivity (Wildman–Crippen MR) is 83.6 cm³/mol. The lowest BCUT2D eigenvalue weighted by Crippen LogP contribution is -2.47. The van der Waals surface area contributed by atoms with Gasteiger partial charge in [-0.2, -0.15) is 0 Å². The van der Waals surface area contributed by atoms with E-state index >= 15 is 0 Å². The Morgan fingerprint density at radius 2 is 1.65 bits per heavy atom. The molecule has 0 unspecified atom stereocenters. The Morgan fingerprint density at radius 1 is 1.05 bits per heavy atom. The molecule has 1 heterocycles. The van der Waals surface area contributed by atoms with Crippen molar-refractivity contribution >= 4 is 5.91 Å². The Kier molecular flexibility index (Phi) is 5.48. The minimum atomic E-state index is -0.101. The van der Waals surface area contributed by atoms with Crippen LogP contribution in [0.5, 0.6) is 0 Å². The van der Waals surface area contributed by atoms with Crippen LogP contribution in [-0.4, -0.2) is 36.0 Å². The SMILES string of the molecule is CC(C)(C)NC(=O)C1CCN(CC2CCCCC2)CC1. The van der Waals surface area contributed by atoms with E-state index < -0.39 is 0 Å². The van der Waals surface area contributed by atoms with Crippen LogP contribution in [0.25, 0.3) is 0 Å². The molecule has 0 aromatic rings. The van der Waals surface area contributed by atoms with Crippen LogP contribution in [-0.2, 0) is 4.79 Å². The first-order valence-corrected chi connectivity index (χ1v) is 8.48. The fraction of sp³-hybridized carbons (Fsp3) is 0.941. The second-order valence-electron chi connectivity index (χ2n) is 7.82. The lowest BCUT2D eigenvalue weighted by Gasteiger charge is -2.35. The first kappa shape index (κ1) is 15.8. The fourth-order valence-corrected chi connectivity index (χ4v) is 3.58. The monoisotopic (exact) mass is 280 g/mol. The molecule has 1 aliphatic heterocycles. The summed E-state index contributed by atoms with van der Waals surface area (Å²) in [6, 6.07) is 0. The zero-order valence-electron chi connectivity index (χ0n) is 13.6. The third-order valence-corrected chi connectivity index (χ3v) is 4.70. The van der Waals surface area contributed by atoms with Gasteiger partial charge >= 0.3 is 0 Å². The molecule has 0 atom stereocenters. The van der Waals surface area contributed by atoms with E-state index in [-0.39, 0.29) is 17.4 Å². The molecule has 1 saturated heterocycles. The number of rotatable bonds is 3. The van der Waals surface area contributed by atoms with Crippen molar-refractivity contribution < 1.29 is 4.79 Å². The highest BCUT2D eigenvalue weighted by molar-refractivity contribution is 5.79. The quantitative estimate of drug-likeness (QED) is 0.861. The highest BCUT2D eigenvalue weighted by atomic mass is 16.2. The van der Waals surface area contributed by atoms with E-state index in [1.165, 1.54) is 38.6 Å². The lowest BCUT2D eigenvalue weighted by molar-refractivity contribution is -0.127. The summed E-state index contributed by atoms with van der Waals surface area (Å²) in [5.74, 6) is 1.41. The zero-order valence-corrected chi connectivity index (χ0v) is 13.6. The van der Waals surface area contributed by atoms with Crippen LogP contribution in [0.3, 0.4) is 0 Å². The highest BCUT2D eigenvalue weighted by Crippen LogP contribution is 2.26. The number of nitrogens with one attached hydrogen (secondary N) is 1. The molecule has 2 fully saturated rings. The molecular formula is C17H32N2O. The second-order valence-corrected chi connectivity index (χ2v) is 7.82. The van der Waals surface area contributed by atoms with Crippen LogP contribution in [0.4, 0.5) is 0 Å². The molecule has 0 aromatic heterocycles. The summed E-state index contributed by atoms with van der Waals surface area (Å²) >= 11 is 0. The minimum Gasteiger partial charge on any atom is -0.351 e. The maximum Gasteiger partial charge on any atom is 0.223 e. The molecule has 1 N–H and O–H groups in total. The number of carbonyl (C=O) groups excluding carboxylic acids is 1. The molecule has 3 nitrogen and oxygen atoms in total. The summed E-state index contributed by atoms with van der Waals surface area (Å²) in [4.78, 5) is 14.8. The van der Waals surface area contributed by atoms with Crippen molar-refractivity contribution in [3.8, 4) is 0 Å². The molecular weight excluding hydrogens is 248 g/mol. The molecule has 1 aliphatic carbocycles. The first-order chi connectivity index (χ1) is 9.44. The summed E-state index contributed by atoms with van der Waals surface area (Å²) < 4.78 is 0. The van der Waals surface area contributed by atoms with Crippen LogP contribution < -0.4 is 5.32 Å². The van der Waals surface area contributed by atoms with Crippen LogP contribution in [0.15, 0.2) is 0 Å². The third kappa shape index (κ3) is 5.08. The number of nitrogens with zero attached hydrogens (tertiary/aromatic N) is 1. The van der Waals surface area contributed by atoms with E-state index in [4.69, 9.17) is 0 Å². The first-order valence-electron chi connectivity index (χ1n) is 8.48. The Hall–Kier alpha value is -0.570. The average molecular weight is 280 g/mol. The van der Waals surface area contributed by atoms with E-state index in [0.717, 1.165) is 31.8 Å². The van der Waals surface area contributed by atoms with Crippen molar-refractivity contribution in [1.29, 1.82) is 0 Å². The van der Waals surface area contributed by atoms with Crippen LogP contribution in [0.1, 0.15) is 65.7 Å². The Morgan fingerprint density at radius 3 is 2.20 bits per heavy atom. The molecule has 0 radical (unpaired) electrons. The average Bonchev–Trinajstić information content (AvgIpc) is 2.39. The second kappa shape index (κ2) is 6.93. The number of likely N-dealkylation sites (tertiary alicyclic amines) is 1. The van der Waals surface area contributed by atoms with Gasteiger partial charge in [0.05, 0.1) is 0 Å². The molecule has 1 saturated carbocycles. The van der Waals surface area contributed by atoms with E-state index in [1.54, 1.807) is 0 Å². The summed E-state index contributed by atoms with van der Waals surface area (Å²) in [7, 11) is 0. The molecule has 3 heteroatoms. The van der Waals surface area contributed by atoms with Gasteiger partial charge in [-0.3, -0.25) is 4.79 Å². The van der Waals surface area contributed by atoms with Crippen molar-refractivity contribution in [1.82, 2.24) is 10.2 Å². The highest BCUT2D eigenvalue weighted by Gasteiger charge is 2.28. The van der Waals surface area contributed by atoms with E-state index in [0.29, 0.717) is 0 Å². The summed E-state index contributed by atoms with van der Waals surface area (Å²) in [6.07, 6.45) is 9.20. The van der Waals surface area contributed by atoms with Crippen LogP contribution >= 0.6 is 0 Å². The molecule has 0 aromatic carbocycles. The maximum atomic E-state index is 12.2. The number of hydrogen-bond acceptors (Lipinski definition) is 2. The number of hydrogen-bond donors (Lipinski definition) is 1. The topological polar surface area (TPSA) is 32.3 Å². The van der Waals surface area contributed by atoms with E-state index in [1.807, 2.05) is 0 Å². The van der Waals surface area contributed by atoms with Gasteiger partial charge in [0.25, 0.3) is 0 Å². The van der Waals surface area contributed by atoms with Crippen molar-refractivity contribution in [2.45, 2.75) is 71.3 Å². The van der Waals surface area contributed by atoms with Gasteiger partial charge in [-0.25, -0.2) is 0 Å². The summed E-state index contributed by atoms with van der Waals surface area (Å²) in [5.41, 5.74) is -0.101. The van der Waals surface area contributed by atoms with Gasteiger partial charge in [0.15, 0.2) is 0 Å². The lowest BCUT2D eigenvalue weighted by atomic mass is 9.87. The molecule has 116 valence electrons. The Labute approximate surface area is 124 Å². The number of piperidine rings is 1. The number of carbonyl (C=O) groups is 1. The molecule has 1 amide bonds. The van der Waals surface area contributed by atoms with Crippen molar-refractivity contribution in [3.05, 3.63) is 0 Å². The zero-order chi connectivity index (χ0) is 14.6. The third-order valence-electron chi connectivity index (χ3n) is 4.70. The van der Waals surface area contributed by atoms with Crippen LogP contribution in [0, 0.1) is 11.8 Å². The predicted octanol–water partition coefficient (Wildman–Crippen LogP) is 3.19.